The smallest absolute Gasteiger partial charge is 0.259 e. The Kier molecular flexibility index (Phi) is 5.51. The number of pyridine rings is 1. The molecule has 6 heteroatoms. The van der Waals surface area contributed by atoms with Gasteiger partial charge in [-0.05, 0) is 55.5 Å². The Labute approximate surface area is 153 Å². The summed E-state index contributed by atoms with van der Waals surface area (Å²) < 4.78 is 5.47. The minimum atomic E-state index is -0.421. The number of nitrogens with zero attached hydrogens (tertiary/aromatic N) is 2. The molecule has 2 N–H and O–H groups in total. The molecule has 1 aliphatic rings. The van der Waals surface area contributed by atoms with Gasteiger partial charge < -0.3 is 15.4 Å². The van der Waals surface area contributed by atoms with Crippen LogP contribution in [0.5, 0.6) is 5.88 Å². The van der Waals surface area contributed by atoms with Crippen LogP contribution in [0.25, 0.3) is 0 Å². The normalized spacial score (nSPS) is 16.5. The number of ether oxygens (including phenoxy) is 1. The van der Waals surface area contributed by atoms with Gasteiger partial charge in [-0.2, -0.15) is 0 Å². The fourth-order valence-corrected chi connectivity index (χ4v) is 3.34. The summed E-state index contributed by atoms with van der Waals surface area (Å²) >= 11 is 0. The van der Waals surface area contributed by atoms with Gasteiger partial charge >= 0.3 is 0 Å². The highest BCUT2D eigenvalue weighted by molar-refractivity contribution is 5.96. The van der Waals surface area contributed by atoms with E-state index in [0.29, 0.717) is 42.6 Å². The molecule has 2 heterocycles. The second-order valence-corrected chi connectivity index (χ2v) is 6.46. The van der Waals surface area contributed by atoms with E-state index in [0.717, 1.165) is 18.4 Å². The number of primary amides is 1. The zero-order valence-corrected chi connectivity index (χ0v) is 14.9. The molecule has 2 amide bonds. The molecule has 1 aliphatic heterocycles. The summed E-state index contributed by atoms with van der Waals surface area (Å²) in [6, 6.07) is 10.9. The molecule has 0 aliphatic carbocycles. The zero-order chi connectivity index (χ0) is 18.5. The Morgan fingerprint density at radius 2 is 2.15 bits per heavy atom. The average Bonchev–Trinajstić information content (AvgIpc) is 3.10. The molecule has 0 radical (unpaired) electrons. The van der Waals surface area contributed by atoms with E-state index in [1.807, 2.05) is 30.0 Å². The second-order valence-electron chi connectivity index (χ2n) is 6.46. The van der Waals surface area contributed by atoms with Gasteiger partial charge in [-0.25, -0.2) is 4.98 Å². The standard InChI is InChI=1S/C20H23N3O3/c1-2-26-19-17(7-4-9-22-19)20(25)23-10-8-15(13-23)11-14-5-3-6-16(12-14)18(21)24/h3-7,9,12,15H,2,8,10-11,13H2,1H3,(H2,21,24)/t15-/m1/s1. The number of carbonyl (C=O) groups excluding carboxylic acids is 2. The quantitative estimate of drug-likeness (QED) is 0.863. The van der Waals surface area contributed by atoms with Crippen LogP contribution in [0, 0.1) is 5.92 Å². The molecule has 1 fully saturated rings. The number of nitrogens with two attached hydrogens (primary N) is 1. The van der Waals surface area contributed by atoms with Crippen LogP contribution in [0.2, 0.25) is 0 Å². The Bertz CT molecular complexity index is 806. The largest absolute Gasteiger partial charge is 0.477 e. The summed E-state index contributed by atoms with van der Waals surface area (Å²) in [5.41, 5.74) is 7.44. The molecule has 0 saturated carbocycles. The van der Waals surface area contributed by atoms with Crippen LogP contribution in [0.3, 0.4) is 0 Å². The molecular weight excluding hydrogens is 330 g/mol. The second kappa shape index (κ2) is 7.99. The van der Waals surface area contributed by atoms with Crippen molar-refractivity contribution in [2.75, 3.05) is 19.7 Å². The molecule has 0 bridgehead atoms. The van der Waals surface area contributed by atoms with Gasteiger partial charge in [0.2, 0.25) is 11.8 Å². The zero-order valence-electron chi connectivity index (χ0n) is 14.9. The van der Waals surface area contributed by atoms with E-state index in [1.54, 1.807) is 24.4 Å². The summed E-state index contributed by atoms with van der Waals surface area (Å²) in [5.74, 6) is 0.275. The molecule has 3 rings (SSSR count). The first-order valence-electron chi connectivity index (χ1n) is 8.84. The molecule has 1 saturated heterocycles. The van der Waals surface area contributed by atoms with Crippen molar-refractivity contribution in [3.63, 3.8) is 0 Å². The maximum Gasteiger partial charge on any atom is 0.259 e. The summed E-state index contributed by atoms with van der Waals surface area (Å²) in [5, 5.41) is 0. The third kappa shape index (κ3) is 4.02. The molecule has 0 spiro atoms. The van der Waals surface area contributed by atoms with E-state index in [9.17, 15) is 9.59 Å². The number of likely N-dealkylation sites (tertiary alicyclic amines) is 1. The highest BCUT2D eigenvalue weighted by Crippen LogP contribution is 2.25. The first-order valence-corrected chi connectivity index (χ1v) is 8.84. The Hall–Kier alpha value is -2.89. The lowest BCUT2D eigenvalue weighted by molar-refractivity contribution is 0.0781. The van der Waals surface area contributed by atoms with Crippen LogP contribution in [0.1, 0.15) is 39.6 Å². The van der Waals surface area contributed by atoms with E-state index < -0.39 is 5.91 Å². The Morgan fingerprint density at radius 1 is 1.31 bits per heavy atom. The molecule has 0 unspecified atom stereocenters. The first kappa shape index (κ1) is 17.9. The molecule has 26 heavy (non-hydrogen) atoms. The van der Waals surface area contributed by atoms with Crippen molar-refractivity contribution in [1.29, 1.82) is 0 Å². The van der Waals surface area contributed by atoms with Crippen LogP contribution in [-0.2, 0) is 6.42 Å². The number of amides is 2. The van der Waals surface area contributed by atoms with Crippen molar-refractivity contribution < 1.29 is 14.3 Å². The van der Waals surface area contributed by atoms with E-state index in [4.69, 9.17) is 10.5 Å². The van der Waals surface area contributed by atoms with Gasteiger partial charge in [0.05, 0.1) is 6.61 Å². The van der Waals surface area contributed by atoms with Gasteiger partial charge in [-0.15, -0.1) is 0 Å². The van der Waals surface area contributed by atoms with Crippen molar-refractivity contribution in [3.05, 3.63) is 59.3 Å². The van der Waals surface area contributed by atoms with Crippen molar-refractivity contribution in [1.82, 2.24) is 9.88 Å². The molecule has 2 aromatic rings. The lowest BCUT2D eigenvalue weighted by Gasteiger charge is -2.18. The number of carbonyl (C=O) groups is 2. The number of aromatic nitrogens is 1. The van der Waals surface area contributed by atoms with E-state index in [2.05, 4.69) is 4.98 Å². The predicted molar refractivity (Wildman–Crippen MR) is 98.1 cm³/mol. The highest BCUT2D eigenvalue weighted by atomic mass is 16.5. The Balaban J connectivity index is 1.66. The van der Waals surface area contributed by atoms with Gasteiger partial charge in [-0.3, -0.25) is 9.59 Å². The summed E-state index contributed by atoms with van der Waals surface area (Å²) in [7, 11) is 0. The van der Waals surface area contributed by atoms with Gasteiger partial charge in [-0.1, -0.05) is 12.1 Å². The SMILES string of the molecule is CCOc1ncccc1C(=O)N1CC[C@H](Cc2cccc(C(N)=O)c2)C1. The number of hydrogen-bond acceptors (Lipinski definition) is 4. The van der Waals surface area contributed by atoms with Gasteiger partial charge in [0.25, 0.3) is 5.91 Å². The van der Waals surface area contributed by atoms with E-state index >= 15 is 0 Å². The average molecular weight is 353 g/mol. The number of benzene rings is 1. The van der Waals surface area contributed by atoms with Gasteiger partial charge in [0.1, 0.15) is 5.56 Å². The van der Waals surface area contributed by atoms with Crippen molar-refractivity contribution in [3.8, 4) is 5.88 Å². The monoisotopic (exact) mass is 353 g/mol. The lowest BCUT2D eigenvalue weighted by atomic mass is 9.97. The van der Waals surface area contributed by atoms with Crippen LogP contribution >= 0.6 is 0 Å². The third-order valence-electron chi connectivity index (χ3n) is 4.59. The van der Waals surface area contributed by atoms with E-state index in [1.165, 1.54) is 0 Å². The van der Waals surface area contributed by atoms with Gasteiger partial charge in [0, 0.05) is 24.8 Å². The molecule has 1 atom stereocenters. The lowest BCUT2D eigenvalue weighted by Crippen LogP contribution is -2.29. The highest BCUT2D eigenvalue weighted by Gasteiger charge is 2.29. The molecule has 1 aromatic heterocycles. The minimum absolute atomic E-state index is 0.0464. The van der Waals surface area contributed by atoms with Crippen LogP contribution < -0.4 is 10.5 Å². The number of rotatable bonds is 6. The van der Waals surface area contributed by atoms with Crippen molar-refractivity contribution >= 4 is 11.8 Å². The molecule has 6 nitrogen and oxygen atoms in total. The molecule has 136 valence electrons. The maximum absolute atomic E-state index is 12.8. The predicted octanol–water partition coefficient (Wildman–Crippen LogP) is 2.28. The molecule has 1 aromatic carbocycles. The van der Waals surface area contributed by atoms with Crippen LogP contribution in [0.15, 0.2) is 42.6 Å². The summed E-state index contributed by atoms with van der Waals surface area (Å²) in [4.78, 5) is 30.2. The third-order valence-corrected chi connectivity index (χ3v) is 4.59. The fraction of sp³-hybridized carbons (Fsp3) is 0.350. The summed E-state index contributed by atoms with van der Waals surface area (Å²) in [6.45, 7) is 3.73. The van der Waals surface area contributed by atoms with Crippen molar-refractivity contribution in [2.24, 2.45) is 11.7 Å². The number of hydrogen-bond donors (Lipinski definition) is 1. The van der Waals surface area contributed by atoms with Crippen LogP contribution in [-0.4, -0.2) is 41.4 Å². The Morgan fingerprint density at radius 3 is 2.92 bits per heavy atom. The minimum Gasteiger partial charge on any atom is -0.477 e. The topological polar surface area (TPSA) is 85.5 Å². The van der Waals surface area contributed by atoms with E-state index in [-0.39, 0.29) is 5.91 Å². The molecular formula is C20H23N3O3. The maximum atomic E-state index is 12.8. The fourth-order valence-electron chi connectivity index (χ4n) is 3.34. The van der Waals surface area contributed by atoms with Crippen molar-refractivity contribution in [2.45, 2.75) is 19.8 Å². The van der Waals surface area contributed by atoms with Crippen LogP contribution in [0.4, 0.5) is 0 Å². The first-order chi connectivity index (χ1) is 12.6. The summed E-state index contributed by atoms with van der Waals surface area (Å²) in [6.07, 6.45) is 3.37. The van der Waals surface area contributed by atoms with Gasteiger partial charge in [0.15, 0.2) is 0 Å².